The van der Waals surface area contributed by atoms with Crippen molar-refractivity contribution in [2.24, 2.45) is 5.92 Å². The average Bonchev–Trinajstić information content (AvgIpc) is 2.23. The standard InChI is InChI=1S/C12H24N2O.2ClH/c1-12(2)10-15-8-7-14(12)9-11-3-5-13-6-4-11;;/h11,13H,3-10H2,1-2H3;2*1H. The Balaban J connectivity index is 0.00000128. The van der Waals surface area contributed by atoms with Gasteiger partial charge in [0.25, 0.3) is 0 Å². The number of hydrogen-bond acceptors (Lipinski definition) is 3. The molecule has 0 aromatic carbocycles. The molecule has 2 aliphatic heterocycles. The number of morpholine rings is 1. The molecule has 3 nitrogen and oxygen atoms in total. The zero-order valence-corrected chi connectivity index (χ0v) is 12.5. The highest BCUT2D eigenvalue weighted by Gasteiger charge is 2.32. The molecule has 0 amide bonds. The van der Waals surface area contributed by atoms with Gasteiger partial charge in [0.2, 0.25) is 0 Å². The molecule has 0 aromatic heterocycles. The summed E-state index contributed by atoms with van der Waals surface area (Å²) in [5, 5.41) is 3.43. The van der Waals surface area contributed by atoms with E-state index >= 15 is 0 Å². The van der Waals surface area contributed by atoms with Gasteiger partial charge in [-0.3, -0.25) is 4.90 Å². The van der Waals surface area contributed by atoms with E-state index in [2.05, 4.69) is 24.1 Å². The van der Waals surface area contributed by atoms with Crippen LogP contribution in [0.15, 0.2) is 0 Å². The lowest BCUT2D eigenvalue weighted by atomic mass is 9.94. The van der Waals surface area contributed by atoms with Crippen LogP contribution in [0.2, 0.25) is 0 Å². The molecule has 17 heavy (non-hydrogen) atoms. The van der Waals surface area contributed by atoms with Crippen molar-refractivity contribution in [1.82, 2.24) is 10.2 Å². The smallest absolute Gasteiger partial charge is 0.0645 e. The average molecular weight is 285 g/mol. The minimum absolute atomic E-state index is 0. The fourth-order valence-electron chi connectivity index (χ4n) is 2.60. The summed E-state index contributed by atoms with van der Waals surface area (Å²) < 4.78 is 5.55. The van der Waals surface area contributed by atoms with Gasteiger partial charge in [0, 0.05) is 18.6 Å². The first kappa shape index (κ1) is 17.5. The van der Waals surface area contributed by atoms with E-state index in [-0.39, 0.29) is 30.4 Å². The highest BCUT2D eigenvalue weighted by molar-refractivity contribution is 5.85. The summed E-state index contributed by atoms with van der Waals surface area (Å²) in [4.78, 5) is 2.62. The molecule has 2 heterocycles. The lowest BCUT2D eigenvalue weighted by Crippen LogP contribution is -2.54. The Hall–Kier alpha value is 0.460. The summed E-state index contributed by atoms with van der Waals surface area (Å²) in [6.07, 6.45) is 2.68. The number of ether oxygens (including phenoxy) is 1. The molecule has 0 radical (unpaired) electrons. The van der Waals surface area contributed by atoms with Gasteiger partial charge in [-0.1, -0.05) is 0 Å². The molecule has 1 N–H and O–H groups in total. The Bertz CT molecular complexity index is 209. The van der Waals surface area contributed by atoms with Crippen LogP contribution in [-0.2, 0) is 4.74 Å². The van der Waals surface area contributed by atoms with Crippen molar-refractivity contribution in [3.05, 3.63) is 0 Å². The zero-order valence-electron chi connectivity index (χ0n) is 10.9. The Kier molecular flexibility index (Phi) is 8.01. The van der Waals surface area contributed by atoms with E-state index in [0.29, 0.717) is 0 Å². The highest BCUT2D eigenvalue weighted by Crippen LogP contribution is 2.23. The maximum atomic E-state index is 5.55. The summed E-state index contributed by atoms with van der Waals surface area (Å²) in [7, 11) is 0. The number of halogens is 2. The van der Waals surface area contributed by atoms with Gasteiger partial charge in [0.1, 0.15) is 0 Å². The van der Waals surface area contributed by atoms with Crippen molar-refractivity contribution >= 4 is 24.8 Å². The molecular weight excluding hydrogens is 259 g/mol. The van der Waals surface area contributed by atoms with E-state index in [1.807, 2.05) is 0 Å². The Labute approximate surface area is 117 Å². The fourth-order valence-corrected chi connectivity index (χ4v) is 2.60. The third kappa shape index (κ3) is 4.92. The molecule has 2 rings (SSSR count). The van der Waals surface area contributed by atoms with E-state index < -0.39 is 0 Å². The van der Waals surface area contributed by atoms with Crippen LogP contribution in [0, 0.1) is 5.92 Å². The van der Waals surface area contributed by atoms with Crippen molar-refractivity contribution in [1.29, 1.82) is 0 Å². The Morgan fingerprint density at radius 2 is 1.88 bits per heavy atom. The Morgan fingerprint density at radius 3 is 2.47 bits per heavy atom. The van der Waals surface area contributed by atoms with Crippen LogP contribution in [0.5, 0.6) is 0 Å². The molecule has 0 bridgehead atoms. The molecule has 2 fully saturated rings. The van der Waals surface area contributed by atoms with E-state index in [9.17, 15) is 0 Å². The first-order valence-electron chi connectivity index (χ1n) is 6.22. The first-order valence-corrected chi connectivity index (χ1v) is 6.22. The van der Waals surface area contributed by atoms with Gasteiger partial charge in [-0.2, -0.15) is 0 Å². The lowest BCUT2D eigenvalue weighted by Gasteiger charge is -2.44. The van der Waals surface area contributed by atoms with E-state index in [1.165, 1.54) is 32.5 Å². The Morgan fingerprint density at radius 1 is 1.24 bits per heavy atom. The van der Waals surface area contributed by atoms with Crippen molar-refractivity contribution in [2.45, 2.75) is 32.2 Å². The third-order valence-electron chi connectivity index (χ3n) is 3.75. The molecule has 5 heteroatoms. The molecule has 104 valence electrons. The second kappa shape index (κ2) is 7.80. The second-order valence-corrected chi connectivity index (χ2v) is 5.50. The van der Waals surface area contributed by atoms with Gasteiger partial charge in [0.05, 0.1) is 13.2 Å². The SMILES string of the molecule is CC1(C)COCCN1CC1CCNCC1.Cl.Cl. The minimum atomic E-state index is 0. The predicted octanol–water partition coefficient (Wildman–Crippen LogP) is 1.94. The lowest BCUT2D eigenvalue weighted by molar-refractivity contribution is -0.0586. The molecule has 0 saturated carbocycles. The fraction of sp³-hybridized carbons (Fsp3) is 1.00. The van der Waals surface area contributed by atoms with Gasteiger partial charge in [-0.25, -0.2) is 0 Å². The normalized spacial score (nSPS) is 25.8. The number of rotatable bonds is 2. The second-order valence-electron chi connectivity index (χ2n) is 5.50. The molecule has 0 atom stereocenters. The number of nitrogens with one attached hydrogen (secondary N) is 1. The van der Waals surface area contributed by atoms with Crippen LogP contribution < -0.4 is 5.32 Å². The van der Waals surface area contributed by atoms with Gasteiger partial charge in [-0.05, 0) is 45.7 Å². The van der Waals surface area contributed by atoms with Crippen LogP contribution in [0.3, 0.4) is 0 Å². The van der Waals surface area contributed by atoms with Gasteiger partial charge < -0.3 is 10.1 Å². The maximum absolute atomic E-state index is 5.55. The van der Waals surface area contributed by atoms with Crippen molar-refractivity contribution in [2.75, 3.05) is 39.4 Å². The zero-order chi connectivity index (χ0) is 10.7. The third-order valence-corrected chi connectivity index (χ3v) is 3.75. The molecular formula is C12H26Cl2N2O. The predicted molar refractivity (Wildman–Crippen MR) is 76.6 cm³/mol. The summed E-state index contributed by atoms with van der Waals surface area (Å²) >= 11 is 0. The van der Waals surface area contributed by atoms with Crippen LogP contribution in [0.1, 0.15) is 26.7 Å². The largest absolute Gasteiger partial charge is 0.378 e. The minimum Gasteiger partial charge on any atom is -0.378 e. The van der Waals surface area contributed by atoms with Crippen LogP contribution in [-0.4, -0.2) is 49.8 Å². The summed E-state index contributed by atoms with van der Waals surface area (Å²) in [6.45, 7) is 11.2. The van der Waals surface area contributed by atoms with Crippen molar-refractivity contribution in [3.8, 4) is 0 Å². The number of nitrogens with zero attached hydrogens (tertiary/aromatic N) is 1. The molecule has 2 aliphatic rings. The molecule has 2 saturated heterocycles. The maximum Gasteiger partial charge on any atom is 0.0645 e. The van der Waals surface area contributed by atoms with Crippen molar-refractivity contribution in [3.63, 3.8) is 0 Å². The molecule has 0 spiro atoms. The van der Waals surface area contributed by atoms with Gasteiger partial charge in [-0.15, -0.1) is 24.8 Å². The first-order chi connectivity index (χ1) is 7.18. The summed E-state index contributed by atoms with van der Waals surface area (Å²) in [5.41, 5.74) is 0.239. The van der Waals surface area contributed by atoms with Crippen LogP contribution in [0.4, 0.5) is 0 Å². The van der Waals surface area contributed by atoms with Gasteiger partial charge >= 0.3 is 0 Å². The molecule has 0 aromatic rings. The topological polar surface area (TPSA) is 24.5 Å². The van der Waals surface area contributed by atoms with Crippen LogP contribution in [0.25, 0.3) is 0 Å². The van der Waals surface area contributed by atoms with Crippen molar-refractivity contribution < 1.29 is 4.74 Å². The van der Waals surface area contributed by atoms with E-state index in [4.69, 9.17) is 4.74 Å². The highest BCUT2D eigenvalue weighted by atomic mass is 35.5. The number of hydrogen-bond donors (Lipinski definition) is 1. The monoisotopic (exact) mass is 284 g/mol. The number of piperidine rings is 1. The summed E-state index contributed by atoms with van der Waals surface area (Å²) in [5.74, 6) is 0.892. The van der Waals surface area contributed by atoms with Crippen LogP contribution >= 0.6 is 24.8 Å². The summed E-state index contributed by atoms with van der Waals surface area (Å²) in [6, 6.07) is 0. The van der Waals surface area contributed by atoms with E-state index in [0.717, 1.165) is 25.7 Å². The quantitative estimate of drug-likeness (QED) is 0.839. The van der Waals surface area contributed by atoms with E-state index in [1.54, 1.807) is 0 Å². The molecule has 0 aliphatic carbocycles. The van der Waals surface area contributed by atoms with Gasteiger partial charge in [0.15, 0.2) is 0 Å². The molecule has 0 unspecified atom stereocenters.